The molecule has 1 aromatic rings. The standard InChI is InChI=1S/C23H34N4O4/c1-23(2,3)31-22(30)27-15-13-26(14-16-27)12-4-5-17-6-8-18(9-7-17)24-19-10-11-20(28)25-21(19)29/h6-9,19,24H,4-5,10-16H2,1-3H3,(H,25,28,29)/t19-/m0/s1. The number of piperidine rings is 1. The van der Waals surface area contributed by atoms with Gasteiger partial charge in [-0.1, -0.05) is 12.1 Å². The van der Waals surface area contributed by atoms with E-state index < -0.39 is 5.60 Å². The minimum atomic E-state index is -0.457. The van der Waals surface area contributed by atoms with Gasteiger partial charge in [-0.15, -0.1) is 0 Å². The summed E-state index contributed by atoms with van der Waals surface area (Å²) in [5, 5.41) is 5.56. The number of piperazine rings is 1. The van der Waals surface area contributed by atoms with E-state index in [0.29, 0.717) is 25.9 Å². The quantitative estimate of drug-likeness (QED) is 0.674. The van der Waals surface area contributed by atoms with Gasteiger partial charge in [-0.2, -0.15) is 0 Å². The number of aryl methyl sites for hydroxylation is 1. The molecule has 0 aromatic heterocycles. The summed E-state index contributed by atoms with van der Waals surface area (Å²) in [4.78, 5) is 39.4. The minimum Gasteiger partial charge on any atom is -0.444 e. The molecule has 3 amide bonds. The second-order valence-corrected chi connectivity index (χ2v) is 9.26. The lowest BCUT2D eigenvalue weighted by Gasteiger charge is -2.35. The van der Waals surface area contributed by atoms with Crippen LogP contribution in [-0.4, -0.2) is 72.1 Å². The number of nitrogens with zero attached hydrogens (tertiary/aromatic N) is 2. The molecule has 1 aromatic carbocycles. The largest absolute Gasteiger partial charge is 0.444 e. The first-order chi connectivity index (χ1) is 14.7. The number of anilines is 1. The zero-order valence-corrected chi connectivity index (χ0v) is 18.8. The van der Waals surface area contributed by atoms with E-state index >= 15 is 0 Å². The SMILES string of the molecule is CC(C)(C)OC(=O)N1CCN(CCCc2ccc(N[C@H]3CCC(=O)NC3=O)cc2)CC1. The molecule has 2 aliphatic rings. The van der Waals surface area contributed by atoms with Gasteiger partial charge >= 0.3 is 6.09 Å². The van der Waals surface area contributed by atoms with Crippen LogP contribution in [0.3, 0.4) is 0 Å². The fraction of sp³-hybridized carbons (Fsp3) is 0.609. The molecule has 3 rings (SSSR count). The van der Waals surface area contributed by atoms with E-state index in [2.05, 4.69) is 27.7 Å². The third-order valence-corrected chi connectivity index (χ3v) is 5.50. The maximum atomic E-state index is 12.1. The lowest BCUT2D eigenvalue weighted by atomic mass is 10.0. The van der Waals surface area contributed by atoms with E-state index in [0.717, 1.165) is 38.2 Å². The number of benzene rings is 1. The van der Waals surface area contributed by atoms with Crippen LogP contribution in [0, 0.1) is 0 Å². The first kappa shape index (κ1) is 23.1. The normalized spacial score (nSPS) is 20.4. The second-order valence-electron chi connectivity index (χ2n) is 9.26. The highest BCUT2D eigenvalue weighted by Gasteiger charge is 2.27. The minimum absolute atomic E-state index is 0.204. The number of ether oxygens (including phenoxy) is 1. The molecule has 0 aliphatic carbocycles. The van der Waals surface area contributed by atoms with Crippen LogP contribution in [-0.2, 0) is 20.7 Å². The number of imide groups is 1. The van der Waals surface area contributed by atoms with Crippen molar-refractivity contribution in [1.82, 2.24) is 15.1 Å². The van der Waals surface area contributed by atoms with E-state index in [9.17, 15) is 14.4 Å². The van der Waals surface area contributed by atoms with Crippen LogP contribution in [0.5, 0.6) is 0 Å². The van der Waals surface area contributed by atoms with Crippen molar-refractivity contribution in [3.8, 4) is 0 Å². The molecule has 8 nitrogen and oxygen atoms in total. The highest BCUT2D eigenvalue weighted by atomic mass is 16.6. The molecule has 8 heteroatoms. The molecule has 0 bridgehead atoms. The van der Waals surface area contributed by atoms with Crippen molar-refractivity contribution >= 4 is 23.6 Å². The van der Waals surface area contributed by atoms with Crippen LogP contribution in [0.15, 0.2) is 24.3 Å². The molecule has 0 radical (unpaired) electrons. The van der Waals surface area contributed by atoms with E-state index in [1.54, 1.807) is 4.90 Å². The third kappa shape index (κ3) is 7.24. The van der Waals surface area contributed by atoms with Crippen LogP contribution in [0.4, 0.5) is 10.5 Å². The summed E-state index contributed by atoms with van der Waals surface area (Å²) in [7, 11) is 0. The Hall–Kier alpha value is -2.61. The smallest absolute Gasteiger partial charge is 0.410 e. The average molecular weight is 431 g/mol. The Bertz CT molecular complexity index is 780. The van der Waals surface area contributed by atoms with Crippen molar-refractivity contribution in [2.24, 2.45) is 0 Å². The van der Waals surface area contributed by atoms with Gasteiger partial charge in [0.1, 0.15) is 11.6 Å². The van der Waals surface area contributed by atoms with E-state index in [-0.39, 0.29) is 23.9 Å². The van der Waals surface area contributed by atoms with Gasteiger partial charge in [0.15, 0.2) is 0 Å². The van der Waals surface area contributed by atoms with Gasteiger partial charge in [-0.3, -0.25) is 19.8 Å². The summed E-state index contributed by atoms with van der Waals surface area (Å²) in [6.07, 6.45) is 2.69. The number of amides is 3. The maximum Gasteiger partial charge on any atom is 0.410 e. The predicted octanol–water partition coefficient (Wildman–Crippen LogP) is 2.39. The van der Waals surface area contributed by atoms with Crippen molar-refractivity contribution in [3.05, 3.63) is 29.8 Å². The van der Waals surface area contributed by atoms with Crippen LogP contribution >= 0.6 is 0 Å². The first-order valence-corrected chi connectivity index (χ1v) is 11.1. The average Bonchev–Trinajstić information content (AvgIpc) is 2.70. The molecule has 2 heterocycles. The van der Waals surface area contributed by atoms with Crippen LogP contribution in [0.1, 0.15) is 45.6 Å². The van der Waals surface area contributed by atoms with E-state index in [1.807, 2.05) is 32.9 Å². The fourth-order valence-electron chi connectivity index (χ4n) is 3.79. The van der Waals surface area contributed by atoms with Gasteiger partial charge in [-0.05, 0) is 64.3 Å². The van der Waals surface area contributed by atoms with Gasteiger partial charge in [0.25, 0.3) is 0 Å². The summed E-state index contributed by atoms with van der Waals surface area (Å²) in [5.41, 5.74) is 1.68. The number of hydrogen-bond donors (Lipinski definition) is 2. The van der Waals surface area contributed by atoms with Crippen molar-refractivity contribution < 1.29 is 19.1 Å². The Labute approximate surface area is 184 Å². The molecule has 2 saturated heterocycles. The van der Waals surface area contributed by atoms with Gasteiger partial charge in [0, 0.05) is 38.3 Å². The molecule has 2 aliphatic heterocycles. The molecule has 0 spiro atoms. The second kappa shape index (κ2) is 10.1. The summed E-state index contributed by atoms with van der Waals surface area (Å²) < 4.78 is 5.45. The summed E-state index contributed by atoms with van der Waals surface area (Å²) in [5.74, 6) is -0.461. The van der Waals surface area contributed by atoms with Crippen molar-refractivity contribution in [2.45, 2.75) is 58.1 Å². The number of rotatable bonds is 6. The highest BCUT2D eigenvalue weighted by molar-refractivity contribution is 6.01. The molecular formula is C23H34N4O4. The van der Waals surface area contributed by atoms with Crippen molar-refractivity contribution in [3.63, 3.8) is 0 Å². The zero-order chi connectivity index (χ0) is 22.4. The molecule has 31 heavy (non-hydrogen) atoms. The Kier molecular flexibility index (Phi) is 7.54. The third-order valence-electron chi connectivity index (χ3n) is 5.50. The van der Waals surface area contributed by atoms with Crippen molar-refractivity contribution in [1.29, 1.82) is 0 Å². The molecule has 0 unspecified atom stereocenters. The molecule has 170 valence electrons. The lowest BCUT2D eigenvalue weighted by Crippen LogP contribution is -2.50. The molecule has 0 saturated carbocycles. The zero-order valence-electron chi connectivity index (χ0n) is 18.8. The number of carbonyl (C=O) groups excluding carboxylic acids is 3. The first-order valence-electron chi connectivity index (χ1n) is 11.1. The Morgan fingerprint density at radius 2 is 1.81 bits per heavy atom. The van der Waals surface area contributed by atoms with Gasteiger partial charge < -0.3 is 15.0 Å². The Morgan fingerprint density at radius 1 is 1.13 bits per heavy atom. The predicted molar refractivity (Wildman–Crippen MR) is 119 cm³/mol. The Balaban J connectivity index is 1.35. The van der Waals surface area contributed by atoms with Gasteiger partial charge in [0.05, 0.1) is 0 Å². The molecule has 2 fully saturated rings. The van der Waals surface area contributed by atoms with Gasteiger partial charge in [0.2, 0.25) is 11.8 Å². The van der Waals surface area contributed by atoms with Crippen LogP contribution < -0.4 is 10.6 Å². The highest BCUT2D eigenvalue weighted by Crippen LogP contribution is 2.16. The van der Waals surface area contributed by atoms with Crippen LogP contribution in [0.2, 0.25) is 0 Å². The molecule has 1 atom stereocenters. The van der Waals surface area contributed by atoms with E-state index in [4.69, 9.17) is 4.74 Å². The van der Waals surface area contributed by atoms with E-state index in [1.165, 1.54) is 5.56 Å². The molecule has 2 N–H and O–H groups in total. The maximum absolute atomic E-state index is 12.1. The summed E-state index contributed by atoms with van der Waals surface area (Å²) in [6.45, 7) is 9.81. The number of carbonyl (C=O) groups is 3. The van der Waals surface area contributed by atoms with Gasteiger partial charge in [-0.25, -0.2) is 4.79 Å². The summed E-state index contributed by atoms with van der Waals surface area (Å²) in [6, 6.07) is 7.77. The van der Waals surface area contributed by atoms with Crippen molar-refractivity contribution in [2.75, 3.05) is 38.0 Å². The van der Waals surface area contributed by atoms with Crippen LogP contribution in [0.25, 0.3) is 0 Å². The molecular weight excluding hydrogens is 396 g/mol. The topological polar surface area (TPSA) is 91.0 Å². The number of nitrogens with one attached hydrogen (secondary N) is 2. The monoisotopic (exact) mass is 430 g/mol. The number of hydrogen-bond acceptors (Lipinski definition) is 6. The fourth-order valence-corrected chi connectivity index (χ4v) is 3.79. The summed E-state index contributed by atoms with van der Waals surface area (Å²) >= 11 is 0. The lowest BCUT2D eigenvalue weighted by molar-refractivity contribution is -0.133. The Morgan fingerprint density at radius 3 is 2.42 bits per heavy atom.